The summed E-state index contributed by atoms with van der Waals surface area (Å²) in [6.07, 6.45) is -7.35. The molecular weight excluding hydrogens is 939 g/mol. The van der Waals surface area contributed by atoms with Crippen LogP contribution in [0, 0.1) is 25.5 Å². The minimum absolute atomic E-state index is 0.0861. The molecule has 0 bridgehead atoms. The first-order valence-electron chi connectivity index (χ1n) is 19.2. The molecule has 6 aromatic rings. The summed E-state index contributed by atoms with van der Waals surface area (Å²) >= 11 is 0. The van der Waals surface area contributed by atoms with Crippen LogP contribution in [0.1, 0.15) is 52.8 Å². The monoisotopic (exact) mass is 973 g/mol. The number of hydrogen-bond donors (Lipinski definition) is 3. The summed E-state index contributed by atoms with van der Waals surface area (Å²) in [6, 6.07) is 16.1. The van der Waals surface area contributed by atoms with Crippen molar-refractivity contribution in [2.24, 2.45) is 5.73 Å². The van der Waals surface area contributed by atoms with Gasteiger partial charge in [0.05, 0.1) is 21.3 Å². The highest BCUT2D eigenvalue weighted by molar-refractivity contribution is 6.08. The van der Waals surface area contributed by atoms with E-state index in [0.717, 1.165) is 55.6 Å². The van der Waals surface area contributed by atoms with Crippen LogP contribution in [0.2, 0.25) is 0 Å². The van der Waals surface area contributed by atoms with Crippen LogP contribution in [0.25, 0.3) is 0 Å². The first-order valence-corrected chi connectivity index (χ1v) is 19.2. The third-order valence-electron chi connectivity index (χ3n) is 8.71. The molecule has 0 aliphatic heterocycles. The third-order valence-corrected chi connectivity index (χ3v) is 8.71. The first-order chi connectivity index (χ1) is 32.5. The van der Waals surface area contributed by atoms with E-state index >= 15 is 0 Å². The standard InChI is InChI=1S/C23H18F4N2O6.C22H17F4N3O5/c1-12-8-15(24)20(21(30)29-13-6-7-28-16(10-13)22(31)33-3)19(9-12)34-17-5-4-14(11-18(17)32-2)35-23(25,26)27;1-11-7-14(23)19(21(31)29-12-5-6-28-15(9-12)20(27)30)18(8-11)33-16-4-3-13(10-17(16)32-2)34-22(24,25)26/h4-11H,1-3H3,(H,28,29,30);3-10H,1-2H3,(H2,27,30)(H,28,29,31). The van der Waals surface area contributed by atoms with Crippen molar-refractivity contribution in [2.45, 2.75) is 26.6 Å². The van der Waals surface area contributed by atoms with Gasteiger partial charge in [-0.1, -0.05) is 0 Å². The average molecular weight is 974 g/mol. The van der Waals surface area contributed by atoms with Crippen LogP contribution in [-0.2, 0) is 4.74 Å². The van der Waals surface area contributed by atoms with E-state index < -0.39 is 70.7 Å². The molecule has 0 saturated heterocycles. The third kappa shape index (κ3) is 14.2. The van der Waals surface area contributed by atoms with Gasteiger partial charge in [-0.3, -0.25) is 19.4 Å². The van der Waals surface area contributed by atoms with Crippen molar-refractivity contribution >= 4 is 35.1 Å². The zero-order chi connectivity index (χ0) is 50.8. The van der Waals surface area contributed by atoms with Crippen molar-refractivity contribution in [3.63, 3.8) is 0 Å². The van der Waals surface area contributed by atoms with Crippen LogP contribution in [0.5, 0.6) is 46.0 Å². The summed E-state index contributed by atoms with van der Waals surface area (Å²) in [4.78, 5) is 56.3. The van der Waals surface area contributed by atoms with Crippen LogP contribution in [0.4, 0.5) is 46.5 Å². The molecule has 0 saturated carbocycles. The number of halogens is 8. The molecule has 4 N–H and O–H groups in total. The number of nitrogens with two attached hydrogens (primary N) is 1. The second-order valence-corrected chi connectivity index (χ2v) is 13.8. The number of carbonyl (C=O) groups is 4. The number of methoxy groups -OCH3 is 3. The molecule has 0 aliphatic carbocycles. The Labute approximate surface area is 384 Å². The van der Waals surface area contributed by atoms with E-state index in [2.05, 4.69) is 34.8 Å². The molecule has 362 valence electrons. The Morgan fingerprint density at radius 2 is 0.942 bits per heavy atom. The molecular formula is C45H35F8N5O11. The highest BCUT2D eigenvalue weighted by Gasteiger charge is 2.33. The largest absolute Gasteiger partial charge is 0.573 e. The van der Waals surface area contributed by atoms with Gasteiger partial charge in [-0.2, -0.15) is 0 Å². The van der Waals surface area contributed by atoms with Gasteiger partial charge in [0.25, 0.3) is 17.7 Å². The molecule has 0 atom stereocenters. The van der Waals surface area contributed by atoms with E-state index in [0.29, 0.717) is 11.1 Å². The average Bonchev–Trinajstić information content (AvgIpc) is 3.26. The molecule has 16 nitrogen and oxygen atoms in total. The number of esters is 1. The molecule has 3 amide bonds. The predicted octanol–water partition coefficient (Wildman–Crippen LogP) is 9.85. The number of pyridine rings is 2. The van der Waals surface area contributed by atoms with E-state index in [1.54, 1.807) is 13.8 Å². The summed E-state index contributed by atoms with van der Waals surface area (Å²) in [5, 5.41) is 4.87. The Kier molecular flexibility index (Phi) is 16.2. The molecule has 0 spiro atoms. The lowest BCUT2D eigenvalue weighted by atomic mass is 10.1. The zero-order valence-corrected chi connectivity index (χ0v) is 36.2. The maximum absolute atomic E-state index is 14.9. The number of aryl methyl sites for hydroxylation is 2. The number of hydrogen-bond acceptors (Lipinski definition) is 13. The smallest absolute Gasteiger partial charge is 0.493 e. The lowest BCUT2D eigenvalue weighted by molar-refractivity contribution is -0.275. The van der Waals surface area contributed by atoms with Gasteiger partial charge < -0.3 is 49.5 Å². The van der Waals surface area contributed by atoms with Crippen molar-refractivity contribution in [1.82, 2.24) is 9.97 Å². The van der Waals surface area contributed by atoms with Crippen molar-refractivity contribution in [1.29, 1.82) is 0 Å². The van der Waals surface area contributed by atoms with E-state index in [-0.39, 0.29) is 57.3 Å². The molecule has 0 unspecified atom stereocenters. The molecule has 0 radical (unpaired) electrons. The van der Waals surface area contributed by atoms with Gasteiger partial charge in [0.1, 0.15) is 57.1 Å². The fourth-order valence-corrected chi connectivity index (χ4v) is 5.87. The fourth-order valence-electron chi connectivity index (χ4n) is 5.87. The van der Waals surface area contributed by atoms with Gasteiger partial charge in [0.2, 0.25) is 0 Å². The lowest BCUT2D eigenvalue weighted by Gasteiger charge is -2.16. The predicted molar refractivity (Wildman–Crippen MR) is 226 cm³/mol. The number of aromatic nitrogens is 2. The van der Waals surface area contributed by atoms with Gasteiger partial charge in [0, 0.05) is 35.9 Å². The number of alkyl halides is 6. The quantitative estimate of drug-likeness (QED) is 0.0687. The van der Waals surface area contributed by atoms with Crippen LogP contribution < -0.4 is 44.8 Å². The van der Waals surface area contributed by atoms with E-state index in [9.17, 15) is 54.3 Å². The fraction of sp³-hybridized carbons (Fsp3) is 0.156. The SMILES string of the molecule is COC(=O)c1cc(NC(=O)c2c(F)cc(C)cc2Oc2ccc(OC(F)(F)F)cc2OC)ccn1.COc1cc(OC(F)(F)F)ccc1Oc1cc(C)cc(F)c1C(=O)Nc1ccnc(C(N)=O)c1. The molecule has 0 fully saturated rings. The lowest BCUT2D eigenvalue weighted by Crippen LogP contribution is -2.17. The second kappa shape index (κ2) is 21.7. The Balaban J connectivity index is 0.000000258. The summed E-state index contributed by atoms with van der Waals surface area (Å²) in [5.74, 6) is -7.36. The molecule has 6 rings (SSSR count). The van der Waals surface area contributed by atoms with Crippen molar-refractivity contribution in [3.8, 4) is 46.0 Å². The Bertz CT molecular complexity index is 2900. The number of carbonyl (C=O) groups excluding carboxylic acids is 4. The first kappa shape index (κ1) is 51.3. The maximum Gasteiger partial charge on any atom is 0.573 e. The van der Waals surface area contributed by atoms with Gasteiger partial charge in [-0.05, 0) is 97.8 Å². The highest BCUT2D eigenvalue weighted by Crippen LogP contribution is 2.40. The minimum atomic E-state index is -4.92. The Morgan fingerprint density at radius 3 is 1.32 bits per heavy atom. The van der Waals surface area contributed by atoms with Gasteiger partial charge >= 0.3 is 18.7 Å². The molecule has 4 aromatic carbocycles. The normalized spacial score (nSPS) is 11.0. The van der Waals surface area contributed by atoms with Crippen molar-refractivity contribution < 1.29 is 87.5 Å². The summed E-state index contributed by atoms with van der Waals surface area (Å²) in [7, 11) is 3.53. The second-order valence-electron chi connectivity index (χ2n) is 13.8. The Morgan fingerprint density at radius 1 is 0.536 bits per heavy atom. The van der Waals surface area contributed by atoms with Crippen LogP contribution in [0.3, 0.4) is 0 Å². The number of anilines is 2. The number of benzene rings is 4. The molecule has 2 heterocycles. The van der Waals surface area contributed by atoms with E-state index in [4.69, 9.17) is 24.7 Å². The number of amides is 3. The van der Waals surface area contributed by atoms with Crippen LogP contribution in [0.15, 0.2) is 97.3 Å². The number of nitrogens with zero attached hydrogens (tertiary/aromatic N) is 2. The number of ether oxygens (including phenoxy) is 7. The molecule has 0 aliphatic rings. The van der Waals surface area contributed by atoms with Gasteiger partial charge in [-0.15, -0.1) is 26.3 Å². The molecule has 69 heavy (non-hydrogen) atoms. The maximum atomic E-state index is 14.9. The zero-order valence-electron chi connectivity index (χ0n) is 36.2. The highest BCUT2D eigenvalue weighted by atomic mass is 19.4. The molecule has 24 heteroatoms. The number of primary amides is 1. The molecule has 2 aromatic heterocycles. The number of nitrogens with one attached hydrogen (secondary N) is 2. The number of rotatable bonds is 14. The van der Waals surface area contributed by atoms with E-state index in [1.807, 2.05) is 0 Å². The van der Waals surface area contributed by atoms with Crippen molar-refractivity contribution in [3.05, 3.63) is 143 Å². The minimum Gasteiger partial charge on any atom is -0.493 e. The van der Waals surface area contributed by atoms with Crippen molar-refractivity contribution in [2.75, 3.05) is 32.0 Å². The van der Waals surface area contributed by atoms with E-state index in [1.165, 1.54) is 63.0 Å². The summed E-state index contributed by atoms with van der Waals surface area (Å²) in [5.41, 5.74) is 5.02. The van der Waals surface area contributed by atoms with Gasteiger partial charge in [0.15, 0.2) is 23.0 Å². The summed E-state index contributed by atoms with van der Waals surface area (Å²) in [6.45, 7) is 3.11. The van der Waals surface area contributed by atoms with Crippen LogP contribution >= 0.6 is 0 Å². The topological polar surface area (TPSA) is 209 Å². The van der Waals surface area contributed by atoms with Gasteiger partial charge in [-0.25, -0.2) is 18.6 Å². The van der Waals surface area contributed by atoms with Crippen LogP contribution in [-0.4, -0.2) is 67.7 Å². The Hall–Kier alpha value is -8.70. The summed E-state index contributed by atoms with van der Waals surface area (Å²) < 4.78 is 138.